The van der Waals surface area contributed by atoms with Gasteiger partial charge in [-0.05, 0) is 37.1 Å². The highest BCUT2D eigenvalue weighted by molar-refractivity contribution is 5.55. The molecule has 6 heteroatoms. The minimum Gasteiger partial charge on any atom is -0.449 e. The van der Waals surface area contributed by atoms with Crippen LogP contribution in [0.5, 0.6) is 11.5 Å². The molecule has 2 aromatic carbocycles. The fraction of sp³-hybridized carbons (Fsp3) is 0.200. The van der Waals surface area contributed by atoms with Crippen molar-refractivity contribution in [3.63, 3.8) is 0 Å². The van der Waals surface area contributed by atoms with Gasteiger partial charge in [-0.2, -0.15) is 0 Å². The third-order valence-corrected chi connectivity index (χ3v) is 3.04. The summed E-state index contributed by atoms with van der Waals surface area (Å²) in [6.45, 7) is 2.86. The van der Waals surface area contributed by atoms with E-state index >= 15 is 0 Å². The topological polar surface area (TPSA) is 72.6 Å². The fourth-order valence-electron chi connectivity index (χ4n) is 2.10. The van der Waals surface area contributed by atoms with E-state index in [1.807, 2.05) is 0 Å². The van der Waals surface area contributed by atoms with Gasteiger partial charge in [-0.15, -0.1) is 0 Å². The van der Waals surface area contributed by atoms with E-state index in [2.05, 4.69) is 0 Å². The Morgan fingerprint density at radius 1 is 1.33 bits per heavy atom. The molecule has 110 valence electrons. The van der Waals surface area contributed by atoms with Crippen LogP contribution in [0, 0.1) is 29.8 Å². The third kappa shape index (κ3) is 3.00. The highest BCUT2D eigenvalue weighted by Gasteiger charge is 2.21. The van der Waals surface area contributed by atoms with E-state index in [1.54, 1.807) is 19.9 Å². The van der Waals surface area contributed by atoms with Crippen LogP contribution in [0.25, 0.3) is 0 Å². The lowest BCUT2D eigenvalue weighted by molar-refractivity contribution is -0.385. The maximum absolute atomic E-state index is 13.6. The fourth-order valence-corrected chi connectivity index (χ4v) is 2.10. The number of aliphatic hydroxyl groups excluding tert-OH is 1. The molecule has 0 saturated carbocycles. The molecule has 2 rings (SSSR count). The van der Waals surface area contributed by atoms with E-state index in [4.69, 9.17) is 4.74 Å². The first-order valence-corrected chi connectivity index (χ1v) is 6.25. The number of rotatable bonds is 4. The van der Waals surface area contributed by atoms with Gasteiger partial charge in [0.05, 0.1) is 17.1 Å². The summed E-state index contributed by atoms with van der Waals surface area (Å²) in [5.41, 5.74) is 1.07. The van der Waals surface area contributed by atoms with E-state index in [-0.39, 0.29) is 22.7 Å². The lowest BCUT2D eigenvalue weighted by Gasteiger charge is -2.13. The highest BCUT2D eigenvalue weighted by Crippen LogP contribution is 2.37. The Morgan fingerprint density at radius 2 is 2.05 bits per heavy atom. The van der Waals surface area contributed by atoms with Crippen LogP contribution in [0.15, 0.2) is 30.3 Å². The lowest BCUT2D eigenvalue weighted by Crippen LogP contribution is -2.00. The second kappa shape index (κ2) is 5.88. The van der Waals surface area contributed by atoms with E-state index in [0.717, 1.165) is 5.56 Å². The zero-order chi connectivity index (χ0) is 15.6. The van der Waals surface area contributed by atoms with Crippen LogP contribution in [0.4, 0.5) is 10.1 Å². The number of hydrogen-bond donors (Lipinski definition) is 1. The number of halogens is 1. The van der Waals surface area contributed by atoms with E-state index in [0.29, 0.717) is 5.56 Å². The van der Waals surface area contributed by atoms with Gasteiger partial charge in [-0.25, -0.2) is 4.39 Å². The van der Waals surface area contributed by atoms with Crippen molar-refractivity contribution < 1.29 is 19.2 Å². The Morgan fingerprint density at radius 3 is 2.67 bits per heavy atom. The molecule has 0 unspecified atom stereocenters. The number of nitro benzene ring substituents is 1. The molecule has 0 spiro atoms. The Labute approximate surface area is 120 Å². The average molecular weight is 291 g/mol. The summed E-state index contributed by atoms with van der Waals surface area (Å²) < 4.78 is 19.1. The van der Waals surface area contributed by atoms with Gasteiger partial charge in [-0.1, -0.05) is 12.1 Å². The molecule has 21 heavy (non-hydrogen) atoms. The number of nitrogens with zero attached hydrogens (tertiary/aromatic N) is 1. The van der Waals surface area contributed by atoms with Crippen molar-refractivity contribution in [3.05, 3.63) is 63.0 Å². The van der Waals surface area contributed by atoms with E-state index in [1.165, 1.54) is 24.3 Å². The number of aryl methyl sites for hydroxylation is 2. The molecule has 0 amide bonds. The molecule has 2 aromatic rings. The summed E-state index contributed by atoms with van der Waals surface area (Å²) in [5.74, 6) is -0.513. The third-order valence-electron chi connectivity index (χ3n) is 3.04. The standard InChI is InChI=1S/C15H14FNO4/c1-9-6-10(2)15(13(7-9)17(19)20)21-14-5-3-4-12(16)11(14)8-18/h3-7,18H,8H2,1-2H3. The monoisotopic (exact) mass is 291 g/mol. The Bertz CT molecular complexity index is 700. The molecule has 0 bridgehead atoms. The second-order valence-electron chi connectivity index (χ2n) is 4.66. The van der Waals surface area contributed by atoms with Crippen molar-refractivity contribution in [1.82, 2.24) is 0 Å². The smallest absolute Gasteiger partial charge is 0.312 e. The first kappa shape index (κ1) is 14.9. The largest absolute Gasteiger partial charge is 0.449 e. The highest BCUT2D eigenvalue weighted by atomic mass is 19.1. The van der Waals surface area contributed by atoms with Crippen LogP contribution in [-0.2, 0) is 6.61 Å². The van der Waals surface area contributed by atoms with Gasteiger partial charge in [0, 0.05) is 6.07 Å². The molecular formula is C15H14FNO4. The number of ether oxygens (including phenoxy) is 1. The SMILES string of the molecule is Cc1cc(C)c(Oc2cccc(F)c2CO)c([N+](=O)[O-])c1. The van der Waals surface area contributed by atoms with Crippen molar-refractivity contribution in [1.29, 1.82) is 0 Å². The van der Waals surface area contributed by atoms with Crippen molar-refractivity contribution in [2.75, 3.05) is 0 Å². The summed E-state index contributed by atoms with van der Waals surface area (Å²) >= 11 is 0. The zero-order valence-electron chi connectivity index (χ0n) is 11.6. The number of benzene rings is 2. The Balaban J connectivity index is 2.54. The van der Waals surface area contributed by atoms with Crippen LogP contribution in [-0.4, -0.2) is 10.0 Å². The van der Waals surface area contributed by atoms with Crippen molar-refractivity contribution in [3.8, 4) is 11.5 Å². The minimum atomic E-state index is -0.623. The quantitative estimate of drug-likeness (QED) is 0.689. The summed E-state index contributed by atoms with van der Waals surface area (Å²) in [6.07, 6.45) is 0. The maximum atomic E-state index is 13.6. The first-order valence-electron chi connectivity index (χ1n) is 6.25. The predicted molar refractivity (Wildman–Crippen MR) is 75.0 cm³/mol. The van der Waals surface area contributed by atoms with Crippen molar-refractivity contribution in [2.45, 2.75) is 20.5 Å². The number of nitro groups is 1. The lowest BCUT2D eigenvalue weighted by atomic mass is 10.1. The van der Waals surface area contributed by atoms with Gasteiger partial charge in [-0.3, -0.25) is 10.1 Å². The van der Waals surface area contributed by atoms with Gasteiger partial charge in [0.25, 0.3) is 0 Å². The van der Waals surface area contributed by atoms with E-state index < -0.39 is 17.3 Å². The van der Waals surface area contributed by atoms with Gasteiger partial charge in [0.1, 0.15) is 11.6 Å². The minimum absolute atomic E-state index is 0.0354. The summed E-state index contributed by atoms with van der Waals surface area (Å²) in [7, 11) is 0. The second-order valence-corrected chi connectivity index (χ2v) is 4.66. The Hall–Kier alpha value is -2.47. The van der Waals surface area contributed by atoms with Crippen LogP contribution < -0.4 is 4.74 Å². The molecule has 0 aliphatic heterocycles. The molecule has 0 aromatic heterocycles. The van der Waals surface area contributed by atoms with Gasteiger partial charge in [0.15, 0.2) is 0 Å². The van der Waals surface area contributed by atoms with Gasteiger partial charge >= 0.3 is 5.69 Å². The van der Waals surface area contributed by atoms with Crippen LogP contribution in [0.3, 0.4) is 0 Å². The molecule has 0 aliphatic carbocycles. The molecule has 0 heterocycles. The maximum Gasteiger partial charge on any atom is 0.312 e. The first-order chi connectivity index (χ1) is 9.93. The molecule has 0 fully saturated rings. The molecule has 0 atom stereocenters. The van der Waals surface area contributed by atoms with Crippen molar-refractivity contribution in [2.24, 2.45) is 0 Å². The van der Waals surface area contributed by atoms with Crippen LogP contribution in [0.1, 0.15) is 16.7 Å². The Kier molecular flexibility index (Phi) is 4.18. The summed E-state index contributed by atoms with van der Waals surface area (Å²) in [5, 5.41) is 20.4. The van der Waals surface area contributed by atoms with Gasteiger partial charge in [0.2, 0.25) is 5.75 Å². The predicted octanol–water partition coefficient (Wildman–Crippen LogP) is 3.64. The molecule has 1 N–H and O–H groups in total. The van der Waals surface area contributed by atoms with E-state index in [9.17, 15) is 19.6 Å². The van der Waals surface area contributed by atoms with Crippen molar-refractivity contribution >= 4 is 5.69 Å². The molecule has 5 nitrogen and oxygen atoms in total. The summed E-state index contributed by atoms with van der Waals surface area (Å²) in [6, 6.07) is 7.19. The normalized spacial score (nSPS) is 10.5. The molecule has 0 radical (unpaired) electrons. The average Bonchev–Trinajstić information content (AvgIpc) is 2.41. The molecule has 0 saturated heterocycles. The zero-order valence-corrected chi connectivity index (χ0v) is 11.6. The van der Waals surface area contributed by atoms with Crippen LogP contribution in [0.2, 0.25) is 0 Å². The molecular weight excluding hydrogens is 277 g/mol. The van der Waals surface area contributed by atoms with Gasteiger partial charge < -0.3 is 9.84 Å². The molecule has 0 aliphatic rings. The number of hydrogen-bond acceptors (Lipinski definition) is 4. The summed E-state index contributed by atoms with van der Waals surface area (Å²) in [4.78, 5) is 10.6. The number of aliphatic hydroxyl groups is 1. The van der Waals surface area contributed by atoms with Crippen LogP contribution >= 0.6 is 0 Å².